The van der Waals surface area contributed by atoms with E-state index in [1.165, 1.54) is 33.6 Å². The number of carbonyl (C=O) groups is 1. The molecular formula is C24H28N2O7S. The zero-order valence-corrected chi connectivity index (χ0v) is 20.5. The quantitative estimate of drug-likeness (QED) is 0.227. The molecular weight excluding hydrogens is 460 g/mol. The molecule has 0 radical (unpaired) electrons. The van der Waals surface area contributed by atoms with Gasteiger partial charge in [-0.3, -0.25) is 9.69 Å². The van der Waals surface area contributed by atoms with Crippen molar-refractivity contribution in [2.75, 3.05) is 59.6 Å². The summed E-state index contributed by atoms with van der Waals surface area (Å²) in [6, 6.07) is 8.71. The van der Waals surface area contributed by atoms with Gasteiger partial charge in [0, 0.05) is 30.8 Å². The third kappa shape index (κ3) is 4.48. The number of amides is 1. The average Bonchev–Trinajstić information content (AvgIpc) is 2.89. The third-order valence-corrected chi connectivity index (χ3v) is 6.55. The van der Waals surface area contributed by atoms with E-state index in [1.807, 2.05) is 18.2 Å². The summed E-state index contributed by atoms with van der Waals surface area (Å²) >= 11 is 1.26. The number of morpholine rings is 1. The van der Waals surface area contributed by atoms with Gasteiger partial charge in [-0.1, -0.05) is 12.6 Å². The molecule has 1 amide bonds. The van der Waals surface area contributed by atoms with Crippen molar-refractivity contribution in [1.82, 2.24) is 4.31 Å². The van der Waals surface area contributed by atoms with Gasteiger partial charge < -0.3 is 27.9 Å². The summed E-state index contributed by atoms with van der Waals surface area (Å²) in [6.07, 6.45) is 0. The monoisotopic (exact) mass is 488 g/mol. The molecule has 4 rings (SSSR count). The van der Waals surface area contributed by atoms with Crippen LogP contribution in [0.25, 0.3) is 0 Å². The van der Waals surface area contributed by atoms with Crippen LogP contribution in [-0.2, 0) is 9.53 Å². The van der Waals surface area contributed by atoms with Crippen LogP contribution in [0.3, 0.4) is 0 Å². The molecule has 34 heavy (non-hydrogen) atoms. The van der Waals surface area contributed by atoms with E-state index in [0.717, 1.165) is 18.7 Å². The number of hydrogen-bond acceptors (Lipinski definition) is 9. The van der Waals surface area contributed by atoms with E-state index >= 15 is 0 Å². The minimum Gasteiger partial charge on any atom is -0.493 e. The molecule has 2 aliphatic heterocycles. The summed E-state index contributed by atoms with van der Waals surface area (Å²) in [4.78, 5) is 14.5. The smallest absolute Gasteiger partial charge is 0.256 e. The topological polar surface area (TPSA) is 78.9 Å². The van der Waals surface area contributed by atoms with Crippen molar-refractivity contribution in [2.24, 2.45) is 0 Å². The molecule has 2 aromatic carbocycles. The fraction of sp³-hybridized carbons (Fsp3) is 0.375. The molecule has 0 bridgehead atoms. The largest absolute Gasteiger partial charge is 0.493 e. The lowest BCUT2D eigenvalue weighted by Gasteiger charge is -2.42. The third-order valence-electron chi connectivity index (χ3n) is 5.72. The van der Waals surface area contributed by atoms with E-state index in [9.17, 15) is 4.79 Å². The predicted molar refractivity (Wildman–Crippen MR) is 129 cm³/mol. The van der Waals surface area contributed by atoms with Crippen LogP contribution in [0.1, 0.15) is 11.6 Å². The van der Waals surface area contributed by atoms with Crippen molar-refractivity contribution < 1.29 is 32.7 Å². The number of rotatable bonds is 9. The number of nitrogens with zero attached hydrogens (tertiary/aromatic N) is 2. The van der Waals surface area contributed by atoms with E-state index in [0.29, 0.717) is 53.2 Å². The van der Waals surface area contributed by atoms with Crippen molar-refractivity contribution in [3.63, 3.8) is 0 Å². The Labute approximate surface area is 203 Å². The summed E-state index contributed by atoms with van der Waals surface area (Å²) in [7, 11) is 6.20. The summed E-state index contributed by atoms with van der Waals surface area (Å²) < 4.78 is 35.3. The molecule has 2 aliphatic rings. The van der Waals surface area contributed by atoms with Gasteiger partial charge in [0.2, 0.25) is 5.75 Å². The standard InChI is InChI=1S/C24H28N2O7S/c1-15-22(26(24(15)27)17-13-20(29-3)23(31-5)21(14-17)30-4)16-6-7-18(28-2)19(12-16)33-34-25-8-10-32-11-9-25/h6-7,12-14,22H,1,8-11H2,2-5H3/t22-/m1/s1. The molecule has 10 heteroatoms. The second kappa shape index (κ2) is 10.5. The van der Waals surface area contributed by atoms with Gasteiger partial charge in [0.25, 0.3) is 5.91 Å². The Balaban J connectivity index is 1.64. The van der Waals surface area contributed by atoms with Crippen LogP contribution in [0.4, 0.5) is 5.69 Å². The summed E-state index contributed by atoms with van der Waals surface area (Å²) in [5.41, 5.74) is 1.93. The molecule has 0 aliphatic carbocycles. The number of anilines is 1. The predicted octanol–water partition coefficient (Wildman–Crippen LogP) is 3.64. The molecule has 0 unspecified atom stereocenters. The number of ether oxygens (including phenoxy) is 5. The summed E-state index contributed by atoms with van der Waals surface area (Å²) in [5, 5.41) is 0. The SMILES string of the molecule is C=C1C(=O)N(c2cc(OC)c(OC)c(OC)c2)[C@H]1c1ccc(OC)c(OSN2CCOCC2)c1. The van der Waals surface area contributed by atoms with Crippen LogP contribution < -0.4 is 28.0 Å². The second-order valence-electron chi connectivity index (χ2n) is 7.60. The number of hydrogen-bond donors (Lipinski definition) is 0. The van der Waals surface area contributed by atoms with E-state index in [1.54, 1.807) is 24.1 Å². The summed E-state index contributed by atoms with van der Waals surface area (Å²) in [6.45, 7) is 6.89. The first-order valence-corrected chi connectivity index (χ1v) is 11.4. The van der Waals surface area contributed by atoms with E-state index < -0.39 is 0 Å². The highest BCUT2D eigenvalue weighted by Gasteiger charge is 2.43. The van der Waals surface area contributed by atoms with Gasteiger partial charge >= 0.3 is 0 Å². The number of methoxy groups -OCH3 is 4. The van der Waals surface area contributed by atoms with Crippen molar-refractivity contribution in [2.45, 2.75) is 6.04 Å². The van der Waals surface area contributed by atoms with Gasteiger partial charge in [0.05, 0.1) is 53.4 Å². The first-order valence-electron chi connectivity index (χ1n) is 10.7. The zero-order chi connectivity index (χ0) is 24.2. The highest BCUT2D eigenvalue weighted by atomic mass is 32.2. The van der Waals surface area contributed by atoms with Crippen molar-refractivity contribution in [3.8, 4) is 28.7 Å². The van der Waals surface area contributed by atoms with Gasteiger partial charge in [-0.15, -0.1) is 0 Å². The van der Waals surface area contributed by atoms with Gasteiger partial charge in [0.1, 0.15) is 12.2 Å². The first kappa shape index (κ1) is 24.1. The Morgan fingerprint density at radius 3 is 2.15 bits per heavy atom. The molecule has 0 N–H and O–H groups in total. The first-order chi connectivity index (χ1) is 16.5. The minimum atomic E-state index is -0.378. The molecule has 0 spiro atoms. The molecule has 9 nitrogen and oxygen atoms in total. The molecule has 2 aromatic rings. The highest BCUT2D eigenvalue weighted by Crippen LogP contribution is 2.48. The molecule has 182 valence electrons. The van der Waals surface area contributed by atoms with Crippen molar-refractivity contribution in [1.29, 1.82) is 0 Å². The normalized spacial score (nSPS) is 18.4. The van der Waals surface area contributed by atoms with Crippen molar-refractivity contribution in [3.05, 3.63) is 48.0 Å². The lowest BCUT2D eigenvalue weighted by atomic mass is 9.88. The molecule has 2 saturated heterocycles. The lowest BCUT2D eigenvalue weighted by Crippen LogP contribution is -2.48. The van der Waals surface area contributed by atoms with Crippen LogP contribution in [0, 0.1) is 0 Å². The number of β-lactam (4-membered cyclic amide) rings is 1. The average molecular weight is 489 g/mol. The van der Waals surface area contributed by atoms with Crippen LogP contribution in [0.2, 0.25) is 0 Å². The maximum Gasteiger partial charge on any atom is 0.256 e. The van der Waals surface area contributed by atoms with Gasteiger partial charge in [-0.25, -0.2) is 4.31 Å². The fourth-order valence-corrected chi connectivity index (χ4v) is 4.56. The second-order valence-corrected chi connectivity index (χ2v) is 8.43. The lowest BCUT2D eigenvalue weighted by molar-refractivity contribution is -0.118. The Morgan fingerprint density at radius 1 is 0.912 bits per heavy atom. The number of carbonyl (C=O) groups excluding carboxylic acids is 1. The van der Waals surface area contributed by atoms with E-state index in [4.69, 9.17) is 27.9 Å². The summed E-state index contributed by atoms with van der Waals surface area (Å²) in [5.74, 6) is 2.36. The van der Waals surface area contributed by atoms with Crippen LogP contribution in [-0.4, -0.2) is 65.0 Å². The van der Waals surface area contributed by atoms with E-state index in [2.05, 4.69) is 10.9 Å². The van der Waals surface area contributed by atoms with Crippen molar-refractivity contribution >= 4 is 23.8 Å². The molecule has 0 saturated carbocycles. The van der Waals surface area contributed by atoms with Gasteiger partial charge in [0.15, 0.2) is 23.0 Å². The fourth-order valence-electron chi connectivity index (χ4n) is 3.94. The van der Waals surface area contributed by atoms with E-state index in [-0.39, 0.29) is 11.9 Å². The molecule has 0 aromatic heterocycles. The maximum absolute atomic E-state index is 12.9. The Bertz CT molecular complexity index is 1050. The Hall–Kier alpha value is -3.08. The van der Waals surface area contributed by atoms with Crippen LogP contribution >= 0.6 is 12.2 Å². The van der Waals surface area contributed by atoms with Crippen LogP contribution in [0.5, 0.6) is 28.7 Å². The van der Waals surface area contributed by atoms with Gasteiger partial charge in [-0.2, -0.15) is 0 Å². The number of benzene rings is 2. The maximum atomic E-state index is 12.9. The Kier molecular flexibility index (Phi) is 7.40. The highest BCUT2D eigenvalue weighted by molar-refractivity contribution is 7.92. The molecule has 2 fully saturated rings. The van der Waals surface area contributed by atoms with Crippen LogP contribution in [0.15, 0.2) is 42.5 Å². The van der Waals surface area contributed by atoms with Gasteiger partial charge in [-0.05, 0) is 17.7 Å². The molecule has 1 atom stereocenters. The zero-order valence-electron chi connectivity index (χ0n) is 19.7. The Morgan fingerprint density at radius 2 is 1.56 bits per heavy atom. The molecule has 2 heterocycles. The minimum absolute atomic E-state index is 0.180.